The van der Waals surface area contributed by atoms with Crippen molar-refractivity contribution in [1.29, 1.82) is 0 Å². The molecule has 3 aromatic rings. The molecule has 0 bridgehead atoms. The van der Waals surface area contributed by atoms with Crippen LogP contribution in [0.5, 0.6) is 17.2 Å². The molecule has 0 atom stereocenters. The average Bonchev–Trinajstić information content (AvgIpc) is 3.18. The van der Waals surface area contributed by atoms with Gasteiger partial charge in [-0.25, -0.2) is 4.79 Å². The minimum Gasteiger partial charge on any atom is -0.496 e. The second-order valence-electron chi connectivity index (χ2n) is 4.97. The number of benzene rings is 1. The van der Waals surface area contributed by atoms with E-state index in [4.69, 9.17) is 18.9 Å². The van der Waals surface area contributed by atoms with Gasteiger partial charge in [-0.2, -0.15) is 0 Å². The van der Waals surface area contributed by atoms with E-state index in [0.29, 0.717) is 22.1 Å². The fraction of sp³-hybridized carbons (Fsp3) is 0.235. The number of nitrogens with one attached hydrogen (secondary N) is 1. The van der Waals surface area contributed by atoms with Gasteiger partial charge in [0.25, 0.3) is 0 Å². The van der Waals surface area contributed by atoms with Crippen LogP contribution in [-0.4, -0.2) is 39.4 Å². The van der Waals surface area contributed by atoms with Gasteiger partial charge in [-0.3, -0.25) is 0 Å². The van der Waals surface area contributed by atoms with Gasteiger partial charge in [0.1, 0.15) is 22.1 Å². The number of H-pyrrole nitrogens is 1. The van der Waals surface area contributed by atoms with Gasteiger partial charge < -0.3 is 23.9 Å². The van der Waals surface area contributed by atoms with Crippen molar-refractivity contribution in [2.75, 3.05) is 28.4 Å². The molecule has 0 radical (unpaired) electrons. The monoisotopic (exact) mass is 347 g/mol. The number of fused-ring (bicyclic) bond motifs is 1. The highest BCUT2D eigenvalue weighted by Crippen LogP contribution is 2.43. The molecule has 6 nitrogen and oxygen atoms in total. The Morgan fingerprint density at radius 1 is 0.958 bits per heavy atom. The number of carbonyl (C=O) groups is 1. The van der Waals surface area contributed by atoms with Gasteiger partial charge in [0.05, 0.1) is 49.9 Å². The second kappa shape index (κ2) is 6.45. The number of hydrogen-bond donors (Lipinski definition) is 1. The maximum atomic E-state index is 11.6. The predicted molar refractivity (Wildman–Crippen MR) is 92.6 cm³/mol. The Bertz CT molecular complexity index is 839. The highest BCUT2D eigenvalue weighted by molar-refractivity contribution is 7.20. The Kier molecular flexibility index (Phi) is 4.35. The maximum absolute atomic E-state index is 11.6. The van der Waals surface area contributed by atoms with E-state index in [0.717, 1.165) is 21.5 Å². The number of aromatic amines is 1. The lowest BCUT2D eigenvalue weighted by Gasteiger charge is -2.14. The van der Waals surface area contributed by atoms with E-state index in [1.807, 2.05) is 6.07 Å². The number of ether oxygens (including phenoxy) is 4. The van der Waals surface area contributed by atoms with E-state index in [1.165, 1.54) is 18.4 Å². The van der Waals surface area contributed by atoms with Crippen molar-refractivity contribution in [3.63, 3.8) is 0 Å². The molecule has 1 N–H and O–H groups in total. The topological polar surface area (TPSA) is 69.8 Å². The van der Waals surface area contributed by atoms with Crippen molar-refractivity contribution in [3.8, 4) is 28.5 Å². The molecule has 2 aromatic heterocycles. The number of hydrogen-bond acceptors (Lipinski definition) is 6. The normalized spacial score (nSPS) is 10.7. The van der Waals surface area contributed by atoms with Gasteiger partial charge in [0, 0.05) is 12.1 Å². The number of thiophene rings is 1. The highest BCUT2D eigenvalue weighted by Gasteiger charge is 2.19. The minimum absolute atomic E-state index is 0.342. The lowest BCUT2D eigenvalue weighted by atomic mass is 10.1. The smallest absolute Gasteiger partial charge is 0.348 e. The largest absolute Gasteiger partial charge is 0.496 e. The van der Waals surface area contributed by atoms with Crippen molar-refractivity contribution >= 4 is 27.5 Å². The third kappa shape index (κ3) is 2.67. The molecule has 0 aliphatic heterocycles. The van der Waals surface area contributed by atoms with Crippen LogP contribution in [0.3, 0.4) is 0 Å². The lowest BCUT2D eigenvalue weighted by Crippen LogP contribution is -1.97. The van der Waals surface area contributed by atoms with Crippen LogP contribution in [0.4, 0.5) is 0 Å². The molecule has 0 amide bonds. The Labute approximate surface area is 142 Å². The fourth-order valence-electron chi connectivity index (χ4n) is 2.53. The maximum Gasteiger partial charge on any atom is 0.348 e. The molecule has 0 saturated heterocycles. The van der Waals surface area contributed by atoms with Crippen molar-refractivity contribution < 1.29 is 23.7 Å². The molecule has 7 heteroatoms. The molecule has 24 heavy (non-hydrogen) atoms. The van der Waals surface area contributed by atoms with Crippen LogP contribution in [0.2, 0.25) is 0 Å². The molecule has 0 aliphatic carbocycles. The van der Waals surface area contributed by atoms with Crippen LogP contribution in [0.25, 0.3) is 21.5 Å². The summed E-state index contributed by atoms with van der Waals surface area (Å²) < 4.78 is 21.9. The first kappa shape index (κ1) is 16.2. The SMILES string of the molecule is COC(=O)c1cc2[nH]c(-c3c(OC)cc(OC)cc3OC)cc2s1. The standard InChI is InChI=1S/C17H17NO5S/c1-20-9-5-12(21-2)16(13(6-9)22-3)11-8-14-10(18-11)7-15(24-14)17(19)23-4/h5-8,18H,1-4H3. The van der Waals surface area contributed by atoms with E-state index in [2.05, 4.69) is 4.98 Å². The summed E-state index contributed by atoms with van der Waals surface area (Å²) in [6.07, 6.45) is 0. The highest BCUT2D eigenvalue weighted by atomic mass is 32.1. The van der Waals surface area contributed by atoms with Crippen molar-refractivity contribution in [1.82, 2.24) is 4.98 Å². The molecule has 0 aliphatic rings. The third-order valence-electron chi connectivity index (χ3n) is 3.68. The molecular formula is C17H17NO5S. The molecule has 0 spiro atoms. The predicted octanol–water partition coefficient (Wildman–Crippen LogP) is 3.71. The van der Waals surface area contributed by atoms with Gasteiger partial charge in [0.2, 0.25) is 0 Å². The van der Waals surface area contributed by atoms with Crippen LogP contribution >= 0.6 is 11.3 Å². The molecule has 0 unspecified atom stereocenters. The second-order valence-corrected chi connectivity index (χ2v) is 6.05. The summed E-state index contributed by atoms with van der Waals surface area (Å²) in [4.78, 5) is 15.5. The zero-order valence-corrected chi connectivity index (χ0v) is 14.6. The molecular weight excluding hydrogens is 330 g/mol. The van der Waals surface area contributed by atoms with Crippen molar-refractivity contribution in [2.45, 2.75) is 0 Å². The molecule has 2 heterocycles. The summed E-state index contributed by atoms with van der Waals surface area (Å²) >= 11 is 1.37. The summed E-state index contributed by atoms with van der Waals surface area (Å²) in [5.41, 5.74) is 2.49. The number of esters is 1. The quantitative estimate of drug-likeness (QED) is 0.713. The Morgan fingerprint density at radius 2 is 1.62 bits per heavy atom. The van der Waals surface area contributed by atoms with Crippen LogP contribution in [0.15, 0.2) is 24.3 Å². The molecule has 3 rings (SSSR count). The summed E-state index contributed by atoms with van der Waals surface area (Å²) in [6, 6.07) is 7.33. The van der Waals surface area contributed by atoms with Gasteiger partial charge in [-0.05, 0) is 12.1 Å². The Morgan fingerprint density at radius 3 is 2.12 bits per heavy atom. The van der Waals surface area contributed by atoms with Gasteiger partial charge in [-0.1, -0.05) is 0 Å². The first-order valence-electron chi connectivity index (χ1n) is 7.12. The van der Waals surface area contributed by atoms with E-state index in [9.17, 15) is 4.79 Å². The summed E-state index contributed by atoms with van der Waals surface area (Å²) in [5, 5.41) is 0. The van der Waals surface area contributed by atoms with E-state index >= 15 is 0 Å². The lowest BCUT2D eigenvalue weighted by molar-refractivity contribution is 0.0606. The van der Waals surface area contributed by atoms with Crippen molar-refractivity contribution in [3.05, 3.63) is 29.1 Å². The number of aromatic nitrogens is 1. The molecule has 1 aromatic carbocycles. The number of rotatable bonds is 5. The van der Waals surface area contributed by atoms with Crippen LogP contribution < -0.4 is 14.2 Å². The van der Waals surface area contributed by atoms with Crippen LogP contribution in [0.1, 0.15) is 9.67 Å². The first-order valence-corrected chi connectivity index (χ1v) is 7.94. The van der Waals surface area contributed by atoms with E-state index in [-0.39, 0.29) is 5.97 Å². The third-order valence-corrected chi connectivity index (χ3v) is 4.74. The van der Waals surface area contributed by atoms with Gasteiger partial charge in [-0.15, -0.1) is 11.3 Å². The van der Waals surface area contributed by atoms with Crippen LogP contribution in [-0.2, 0) is 4.74 Å². The summed E-state index contributed by atoms with van der Waals surface area (Å²) in [5.74, 6) is 1.57. The molecule has 126 valence electrons. The molecule has 0 fully saturated rings. The van der Waals surface area contributed by atoms with Gasteiger partial charge in [0.15, 0.2) is 0 Å². The van der Waals surface area contributed by atoms with E-state index in [1.54, 1.807) is 39.5 Å². The summed E-state index contributed by atoms with van der Waals surface area (Å²) in [6.45, 7) is 0. The first-order chi connectivity index (χ1) is 11.6. The number of carbonyl (C=O) groups excluding carboxylic acids is 1. The fourth-order valence-corrected chi connectivity index (χ4v) is 3.51. The van der Waals surface area contributed by atoms with Crippen molar-refractivity contribution in [2.24, 2.45) is 0 Å². The van der Waals surface area contributed by atoms with Gasteiger partial charge >= 0.3 is 5.97 Å². The number of methoxy groups -OCH3 is 4. The zero-order valence-electron chi connectivity index (χ0n) is 13.8. The Balaban J connectivity index is 2.12. The average molecular weight is 347 g/mol. The zero-order chi connectivity index (χ0) is 17.3. The van der Waals surface area contributed by atoms with Crippen LogP contribution in [0, 0.1) is 0 Å². The minimum atomic E-state index is -0.342. The molecule has 0 saturated carbocycles. The Hall–Kier alpha value is -2.67. The summed E-state index contributed by atoms with van der Waals surface area (Å²) in [7, 11) is 6.15. The van der Waals surface area contributed by atoms with E-state index < -0.39 is 0 Å².